The van der Waals surface area contributed by atoms with E-state index in [9.17, 15) is 19.7 Å². The fraction of sp³-hybridized carbons (Fsp3) is 0. The number of thioether (sulfide) groups is 1. The molecule has 0 N–H and O–H groups in total. The molecule has 5 nitrogen and oxygen atoms in total. The Hall–Kier alpha value is -2.21. The molecule has 90 valence electrons. The first-order valence-corrected chi connectivity index (χ1v) is 5.78. The smallest absolute Gasteiger partial charge is 0.269 e. The fourth-order valence-corrected chi connectivity index (χ4v) is 2.20. The summed E-state index contributed by atoms with van der Waals surface area (Å²) in [5, 5.41) is 10.5. The van der Waals surface area contributed by atoms with Crippen LogP contribution >= 0.6 is 11.8 Å². The van der Waals surface area contributed by atoms with Crippen LogP contribution in [0.15, 0.2) is 52.3 Å². The number of benzene rings is 1. The molecular weight excluding hydrogens is 254 g/mol. The molecular formula is C12H7NO4S. The average Bonchev–Trinajstić information content (AvgIpc) is 2.34. The van der Waals surface area contributed by atoms with E-state index in [4.69, 9.17) is 0 Å². The molecule has 18 heavy (non-hydrogen) atoms. The number of ketones is 2. The van der Waals surface area contributed by atoms with Crippen LogP contribution in [0.1, 0.15) is 0 Å². The summed E-state index contributed by atoms with van der Waals surface area (Å²) in [7, 11) is 0. The number of nitrogens with zero attached hydrogens (tertiary/aromatic N) is 1. The van der Waals surface area contributed by atoms with Crippen LogP contribution in [0.3, 0.4) is 0 Å². The molecule has 0 aromatic heterocycles. The van der Waals surface area contributed by atoms with Gasteiger partial charge in [0, 0.05) is 23.1 Å². The lowest BCUT2D eigenvalue weighted by Crippen LogP contribution is -2.04. The maximum Gasteiger partial charge on any atom is 0.269 e. The highest BCUT2D eigenvalue weighted by atomic mass is 32.2. The molecule has 0 atom stereocenters. The van der Waals surface area contributed by atoms with Crippen molar-refractivity contribution >= 4 is 29.0 Å². The Morgan fingerprint density at radius 1 is 1.06 bits per heavy atom. The standard InChI is InChI=1S/C12H7NO4S/c14-9-3-6-11(15)12(7-9)18-10-4-1-8(2-5-10)13(16)17/h1-7H. The van der Waals surface area contributed by atoms with Crippen LogP contribution in [0.25, 0.3) is 0 Å². The SMILES string of the molecule is O=C1C=CC(=O)C(Sc2ccc([N+](=O)[O-])cc2)=C1. The molecule has 0 saturated heterocycles. The number of nitro groups is 1. The van der Waals surface area contributed by atoms with Crippen LogP contribution in [-0.4, -0.2) is 16.5 Å². The number of rotatable bonds is 3. The van der Waals surface area contributed by atoms with E-state index in [-0.39, 0.29) is 17.3 Å². The van der Waals surface area contributed by atoms with Crippen LogP contribution in [0.4, 0.5) is 5.69 Å². The zero-order valence-corrected chi connectivity index (χ0v) is 9.85. The molecule has 0 bridgehead atoms. The van der Waals surface area contributed by atoms with E-state index in [1.54, 1.807) is 12.1 Å². The van der Waals surface area contributed by atoms with E-state index >= 15 is 0 Å². The Morgan fingerprint density at radius 2 is 1.72 bits per heavy atom. The van der Waals surface area contributed by atoms with Gasteiger partial charge in [0.1, 0.15) is 0 Å². The first kappa shape index (κ1) is 12.3. The van der Waals surface area contributed by atoms with Crippen molar-refractivity contribution < 1.29 is 14.5 Å². The van der Waals surface area contributed by atoms with E-state index in [0.717, 1.165) is 11.8 Å². The molecule has 0 unspecified atom stereocenters. The molecule has 1 aromatic rings. The van der Waals surface area contributed by atoms with Crippen molar-refractivity contribution in [3.63, 3.8) is 0 Å². The highest BCUT2D eigenvalue weighted by Gasteiger charge is 2.15. The van der Waals surface area contributed by atoms with Gasteiger partial charge in [0.25, 0.3) is 5.69 Å². The van der Waals surface area contributed by atoms with Crippen molar-refractivity contribution in [1.82, 2.24) is 0 Å². The Labute approximate surface area is 106 Å². The summed E-state index contributed by atoms with van der Waals surface area (Å²) in [5.41, 5.74) is -0.0146. The first-order chi connectivity index (χ1) is 8.56. The third-order valence-corrected chi connectivity index (χ3v) is 3.24. The molecule has 0 amide bonds. The van der Waals surface area contributed by atoms with E-state index in [1.165, 1.54) is 30.4 Å². The number of hydrogen-bond acceptors (Lipinski definition) is 5. The maximum atomic E-state index is 11.5. The summed E-state index contributed by atoms with van der Waals surface area (Å²) in [6.07, 6.45) is 3.69. The Bertz CT molecular complexity index is 587. The molecule has 6 heteroatoms. The minimum absolute atomic E-state index is 0.0146. The number of nitro benzene ring substituents is 1. The van der Waals surface area contributed by atoms with Crippen molar-refractivity contribution in [1.29, 1.82) is 0 Å². The zero-order valence-electron chi connectivity index (χ0n) is 9.03. The quantitative estimate of drug-likeness (QED) is 0.474. The van der Waals surface area contributed by atoms with Crippen LogP contribution in [0.5, 0.6) is 0 Å². The van der Waals surface area contributed by atoms with Gasteiger partial charge in [-0.2, -0.15) is 0 Å². The second kappa shape index (κ2) is 4.97. The van der Waals surface area contributed by atoms with E-state index < -0.39 is 4.92 Å². The van der Waals surface area contributed by atoms with Gasteiger partial charge in [0.05, 0.1) is 9.83 Å². The van der Waals surface area contributed by atoms with Crippen molar-refractivity contribution in [2.75, 3.05) is 0 Å². The van der Waals surface area contributed by atoms with Gasteiger partial charge < -0.3 is 0 Å². The highest BCUT2D eigenvalue weighted by Crippen LogP contribution is 2.30. The summed E-state index contributed by atoms with van der Waals surface area (Å²) in [4.78, 5) is 33.6. The number of hydrogen-bond donors (Lipinski definition) is 0. The Balaban J connectivity index is 2.17. The lowest BCUT2D eigenvalue weighted by Gasteiger charge is -2.05. The molecule has 0 aliphatic heterocycles. The van der Waals surface area contributed by atoms with Gasteiger partial charge in [0.2, 0.25) is 0 Å². The van der Waals surface area contributed by atoms with Crippen molar-refractivity contribution in [3.05, 3.63) is 57.5 Å². The van der Waals surface area contributed by atoms with Crippen LogP contribution in [0.2, 0.25) is 0 Å². The number of carbonyl (C=O) groups is 2. The van der Waals surface area contributed by atoms with Crippen molar-refractivity contribution in [2.24, 2.45) is 0 Å². The predicted octanol–water partition coefficient (Wildman–Crippen LogP) is 2.28. The molecule has 0 saturated carbocycles. The molecule has 0 heterocycles. The second-order valence-corrected chi connectivity index (χ2v) is 4.58. The average molecular weight is 261 g/mol. The summed E-state index contributed by atoms with van der Waals surface area (Å²) in [6.45, 7) is 0. The molecule has 0 fully saturated rings. The van der Waals surface area contributed by atoms with Gasteiger partial charge in [-0.3, -0.25) is 19.7 Å². The second-order valence-electron chi connectivity index (χ2n) is 3.46. The first-order valence-electron chi connectivity index (χ1n) is 4.96. The zero-order chi connectivity index (χ0) is 13.1. The Kier molecular flexibility index (Phi) is 3.38. The van der Waals surface area contributed by atoms with Gasteiger partial charge in [-0.25, -0.2) is 0 Å². The normalized spacial score (nSPS) is 14.6. The fourth-order valence-electron chi connectivity index (χ4n) is 1.33. The molecule has 0 radical (unpaired) electrons. The maximum absolute atomic E-state index is 11.5. The molecule has 1 aliphatic rings. The summed E-state index contributed by atoms with van der Waals surface area (Å²) in [5.74, 6) is -0.475. The lowest BCUT2D eigenvalue weighted by atomic mass is 10.2. The predicted molar refractivity (Wildman–Crippen MR) is 66.2 cm³/mol. The van der Waals surface area contributed by atoms with Gasteiger partial charge in [-0.15, -0.1) is 0 Å². The molecule has 1 aromatic carbocycles. The van der Waals surface area contributed by atoms with Gasteiger partial charge in [0.15, 0.2) is 11.6 Å². The van der Waals surface area contributed by atoms with E-state index in [2.05, 4.69) is 0 Å². The van der Waals surface area contributed by atoms with Crippen LogP contribution in [0, 0.1) is 10.1 Å². The monoisotopic (exact) mass is 261 g/mol. The van der Waals surface area contributed by atoms with E-state index in [1.807, 2.05) is 0 Å². The molecule has 1 aliphatic carbocycles. The highest BCUT2D eigenvalue weighted by molar-refractivity contribution is 8.04. The van der Waals surface area contributed by atoms with Gasteiger partial charge in [-0.05, 0) is 24.3 Å². The van der Waals surface area contributed by atoms with E-state index in [0.29, 0.717) is 9.80 Å². The summed E-state index contributed by atoms with van der Waals surface area (Å²) >= 11 is 1.11. The topological polar surface area (TPSA) is 77.3 Å². The number of carbonyl (C=O) groups excluding carboxylic acids is 2. The third kappa shape index (κ3) is 2.72. The number of allylic oxidation sites excluding steroid dienone is 4. The van der Waals surface area contributed by atoms with Gasteiger partial charge >= 0.3 is 0 Å². The summed E-state index contributed by atoms with van der Waals surface area (Å²) < 4.78 is 0. The minimum Gasteiger partial charge on any atom is -0.290 e. The largest absolute Gasteiger partial charge is 0.290 e. The van der Waals surface area contributed by atoms with Gasteiger partial charge in [-0.1, -0.05) is 11.8 Å². The lowest BCUT2D eigenvalue weighted by molar-refractivity contribution is -0.384. The van der Waals surface area contributed by atoms with Crippen molar-refractivity contribution in [3.8, 4) is 0 Å². The van der Waals surface area contributed by atoms with Crippen LogP contribution < -0.4 is 0 Å². The molecule has 2 rings (SSSR count). The number of non-ortho nitro benzene ring substituents is 1. The third-order valence-electron chi connectivity index (χ3n) is 2.19. The van der Waals surface area contributed by atoms with Crippen LogP contribution in [-0.2, 0) is 9.59 Å². The summed E-state index contributed by atoms with van der Waals surface area (Å²) in [6, 6.07) is 5.79. The Morgan fingerprint density at radius 3 is 2.33 bits per heavy atom. The van der Waals surface area contributed by atoms with Crippen molar-refractivity contribution in [2.45, 2.75) is 4.90 Å². The molecule has 0 spiro atoms. The minimum atomic E-state index is -0.494.